The maximum atomic E-state index is 12.8. The highest BCUT2D eigenvalue weighted by Crippen LogP contribution is 2.28. The minimum atomic E-state index is -3.67. The van der Waals surface area contributed by atoms with Crippen molar-refractivity contribution in [2.75, 3.05) is 18.4 Å². The highest BCUT2D eigenvalue weighted by atomic mass is 35.5. The molecule has 0 aliphatic carbocycles. The Morgan fingerprint density at radius 1 is 1.21 bits per heavy atom. The van der Waals surface area contributed by atoms with Crippen molar-refractivity contribution in [3.05, 3.63) is 45.6 Å². The number of rotatable bonds is 6. The van der Waals surface area contributed by atoms with Crippen molar-refractivity contribution < 1.29 is 22.7 Å². The number of carbonyl (C=O) groups excluding carboxylic acids is 2. The highest BCUT2D eigenvalue weighted by Gasteiger charge is 2.27. The van der Waals surface area contributed by atoms with Crippen molar-refractivity contribution in [3.63, 3.8) is 0 Å². The first-order valence-corrected chi connectivity index (χ1v) is 11.8. The first-order chi connectivity index (χ1) is 13.8. The van der Waals surface area contributed by atoms with Crippen molar-refractivity contribution in [1.82, 2.24) is 4.31 Å². The minimum absolute atomic E-state index is 0.0577. The van der Waals surface area contributed by atoms with Crippen molar-refractivity contribution in [1.29, 1.82) is 0 Å². The summed E-state index contributed by atoms with van der Waals surface area (Å²) in [6.07, 6.45) is 1.58. The van der Waals surface area contributed by atoms with Gasteiger partial charge in [-0.1, -0.05) is 24.1 Å². The number of amides is 1. The number of hydrogen-bond donors (Lipinski definition) is 1. The molecule has 0 unspecified atom stereocenters. The topological polar surface area (TPSA) is 92.8 Å². The number of carbonyl (C=O) groups is 2. The molecule has 29 heavy (non-hydrogen) atoms. The quantitative estimate of drug-likeness (QED) is 0.668. The van der Waals surface area contributed by atoms with E-state index in [1.807, 2.05) is 0 Å². The van der Waals surface area contributed by atoms with Crippen molar-refractivity contribution >= 4 is 50.5 Å². The van der Waals surface area contributed by atoms with Crippen LogP contribution in [0, 0.1) is 0 Å². The number of sulfonamides is 1. The van der Waals surface area contributed by atoms with Gasteiger partial charge in [0.1, 0.15) is 4.88 Å². The molecule has 156 valence electrons. The molecule has 0 radical (unpaired) electrons. The average Bonchev–Trinajstić information content (AvgIpc) is 3.25. The molecule has 2 aromatic rings. The summed E-state index contributed by atoms with van der Waals surface area (Å²) in [7, 11) is -3.67. The summed E-state index contributed by atoms with van der Waals surface area (Å²) in [6, 6.07) is 7.49. The lowest BCUT2D eigenvalue weighted by molar-refractivity contribution is -0.123. The molecular formula is C19H21ClN2O5S2. The van der Waals surface area contributed by atoms with Crippen LogP contribution in [-0.4, -0.2) is 43.8 Å². The van der Waals surface area contributed by atoms with Gasteiger partial charge >= 0.3 is 5.97 Å². The SMILES string of the molecule is C[C@@H](OC(=O)c1cccs1)C(=O)Nc1cc(S(=O)(=O)N2CCCCC2)ccc1Cl. The molecule has 3 rings (SSSR count). The van der Waals surface area contributed by atoms with Gasteiger partial charge in [-0.3, -0.25) is 4.79 Å². The van der Waals surface area contributed by atoms with Gasteiger partial charge in [0.15, 0.2) is 6.10 Å². The number of anilines is 1. The Hall–Kier alpha value is -1.94. The Morgan fingerprint density at radius 2 is 1.93 bits per heavy atom. The summed E-state index contributed by atoms with van der Waals surface area (Å²) in [5, 5.41) is 4.47. The van der Waals surface area contributed by atoms with E-state index >= 15 is 0 Å². The second kappa shape index (κ2) is 9.25. The number of esters is 1. The fourth-order valence-electron chi connectivity index (χ4n) is 2.92. The monoisotopic (exact) mass is 456 g/mol. The number of hydrogen-bond acceptors (Lipinski definition) is 6. The van der Waals surface area contributed by atoms with Crippen LogP contribution in [-0.2, 0) is 19.6 Å². The molecule has 0 saturated carbocycles. The normalized spacial score (nSPS) is 16.2. The lowest BCUT2D eigenvalue weighted by Gasteiger charge is -2.26. The van der Waals surface area contributed by atoms with E-state index in [0.29, 0.717) is 18.0 Å². The van der Waals surface area contributed by atoms with Crippen LogP contribution in [0.4, 0.5) is 5.69 Å². The van der Waals surface area contributed by atoms with E-state index in [0.717, 1.165) is 19.3 Å². The predicted octanol–water partition coefficient (Wildman–Crippen LogP) is 3.76. The zero-order valence-electron chi connectivity index (χ0n) is 15.8. The van der Waals surface area contributed by atoms with E-state index in [1.165, 1.54) is 40.8 Å². The molecule has 1 aromatic heterocycles. The van der Waals surface area contributed by atoms with E-state index < -0.39 is 28.0 Å². The fourth-order valence-corrected chi connectivity index (χ4v) is 5.23. The summed E-state index contributed by atoms with van der Waals surface area (Å²) in [6.45, 7) is 2.38. The highest BCUT2D eigenvalue weighted by molar-refractivity contribution is 7.89. The third kappa shape index (κ3) is 5.16. The van der Waals surface area contributed by atoms with Crippen LogP contribution in [0.5, 0.6) is 0 Å². The predicted molar refractivity (Wildman–Crippen MR) is 112 cm³/mol. The Kier molecular flexibility index (Phi) is 6.94. The third-order valence-electron chi connectivity index (χ3n) is 4.52. The van der Waals surface area contributed by atoms with Crippen LogP contribution < -0.4 is 5.32 Å². The first kappa shape index (κ1) is 21.8. The summed E-state index contributed by atoms with van der Waals surface area (Å²) in [5.74, 6) is -1.21. The third-order valence-corrected chi connectivity index (χ3v) is 7.60. The molecule has 2 heterocycles. The van der Waals surface area contributed by atoms with Crippen LogP contribution in [0.3, 0.4) is 0 Å². The van der Waals surface area contributed by atoms with Gasteiger partial charge in [-0.15, -0.1) is 11.3 Å². The molecule has 1 N–H and O–H groups in total. The largest absolute Gasteiger partial charge is 0.448 e. The van der Waals surface area contributed by atoms with Gasteiger partial charge in [-0.25, -0.2) is 13.2 Å². The first-order valence-electron chi connectivity index (χ1n) is 9.14. The maximum absolute atomic E-state index is 12.8. The zero-order chi connectivity index (χ0) is 21.0. The standard InChI is InChI=1S/C19H21ClN2O5S2/c1-13(27-19(24)17-6-5-11-28-17)18(23)21-16-12-14(7-8-15(16)20)29(25,26)22-9-3-2-4-10-22/h5-8,11-13H,2-4,9-10H2,1H3,(H,21,23)/t13-/m1/s1. The van der Waals surface area contributed by atoms with Gasteiger partial charge in [0.25, 0.3) is 5.91 Å². The van der Waals surface area contributed by atoms with E-state index in [4.69, 9.17) is 16.3 Å². The zero-order valence-corrected chi connectivity index (χ0v) is 18.1. The molecule has 0 bridgehead atoms. The van der Waals surface area contributed by atoms with Crippen molar-refractivity contribution in [2.45, 2.75) is 37.2 Å². The van der Waals surface area contributed by atoms with E-state index in [9.17, 15) is 18.0 Å². The van der Waals surface area contributed by atoms with Crippen LogP contribution in [0.15, 0.2) is 40.6 Å². The number of piperidine rings is 1. The molecule has 7 nitrogen and oxygen atoms in total. The van der Waals surface area contributed by atoms with Crippen molar-refractivity contribution in [2.24, 2.45) is 0 Å². The van der Waals surface area contributed by atoms with Crippen LogP contribution in [0.2, 0.25) is 5.02 Å². The van der Waals surface area contributed by atoms with Gasteiger partial charge < -0.3 is 10.1 Å². The Labute approximate surface area is 178 Å². The fraction of sp³-hybridized carbons (Fsp3) is 0.368. The van der Waals surface area contributed by atoms with Gasteiger partial charge in [0.2, 0.25) is 10.0 Å². The second-order valence-electron chi connectivity index (χ2n) is 6.62. The van der Waals surface area contributed by atoms with Gasteiger partial charge in [-0.05, 0) is 49.4 Å². The number of thiophene rings is 1. The lowest BCUT2D eigenvalue weighted by Crippen LogP contribution is -2.35. The molecule has 1 aliphatic heterocycles. The number of ether oxygens (including phenoxy) is 1. The van der Waals surface area contributed by atoms with Crippen LogP contribution in [0.25, 0.3) is 0 Å². The van der Waals surface area contributed by atoms with E-state index in [1.54, 1.807) is 17.5 Å². The second-order valence-corrected chi connectivity index (χ2v) is 9.91. The molecule has 1 aliphatic rings. The Morgan fingerprint density at radius 3 is 2.59 bits per heavy atom. The van der Waals surface area contributed by atoms with E-state index in [2.05, 4.69) is 5.32 Å². The molecular weight excluding hydrogens is 436 g/mol. The number of halogens is 1. The lowest BCUT2D eigenvalue weighted by atomic mass is 10.2. The average molecular weight is 457 g/mol. The maximum Gasteiger partial charge on any atom is 0.349 e. The van der Waals surface area contributed by atoms with Crippen molar-refractivity contribution in [3.8, 4) is 0 Å². The number of benzene rings is 1. The Balaban J connectivity index is 1.72. The molecule has 10 heteroatoms. The van der Waals surface area contributed by atoms with Crippen LogP contribution in [0.1, 0.15) is 35.9 Å². The summed E-state index contributed by atoms with van der Waals surface area (Å²) in [4.78, 5) is 24.9. The number of nitrogens with one attached hydrogen (secondary N) is 1. The molecule has 1 atom stereocenters. The summed E-state index contributed by atoms with van der Waals surface area (Å²) >= 11 is 7.35. The minimum Gasteiger partial charge on any atom is -0.448 e. The van der Waals surface area contributed by atoms with Gasteiger partial charge in [-0.2, -0.15) is 4.31 Å². The molecule has 1 amide bonds. The van der Waals surface area contributed by atoms with Crippen LogP contribution >= 0.6 is 22.9 Å². The smallest absolute Gasteiger partial charge is 0.349 e. The Bertz CT molecular complexity index is 986. The summed E-state index contributed by atoms with van der Waals surface area (Å²) < 4.78 is 32.3. The number of nitrogens with zero attached hydrogens (tertiary/aromatic N) is 1. The van der Waals surface area contributed by atoms with Gasteiger partial charge in [0.05, 0.1) is 15.6 Å². The molecule has 1 aromatic carbocycles. The van der Waals surface area contributed by atoms with Gasteiger partial charge in [0, 0.05) is 13.1 Å². The molecule has 1 saturated heterocycles. The molecule has 1 fully saturated rings. The van der Waals surface area contributed by atoms with E-state index in [-0.39, 0.29) is 15.6 Å². The summed E-state index contributed by atoms with van der Waals surface area (Å²) in [5.41, 5.74) is 0.147. The molecule has 0 spiro atoms.